The molecule has 0 bridgehead atoms. The SMILES string of the molecule is C=C(O)Cn1[nH]c(=S)[nH]c(=O)c1=O. The normalized spacial score (nSPS) is 9.85. The van der Waals surface area contributed by atoms with Crippen molar-refractivity contribution in [2.24, 2.45) is 0 Å². The summed E-state index contributed by atoms with van der Waals surface area (Å²) in [7, 11) is 0. The van der Waals surface area contributed by atoms with Crippen molar-refractivity contribution in [1.82, 2.24) is 14.8 Å². The standard InChI is InChI=1S/C6H7N3O3S/c1-3(10)2-9-5(12)4(11)7-6(13)8-9/h10H,1-2H2,(H2,7,8,11,13). The van der Waals surface area contributed by atoms with E-state index in [9.17, 15) is 9.59 Å². The van der Waals surface area contributed by atoms with Crippen LogP contribution in [0.25, 0.3) is 0 Å². The van der Waals surface area contributed by atoms with Gasteiger partial charge in [-0.05, 0) is 12.2 Å². The van der Waals surface area contributed by atoms with E-state index in [1.807, 2.05) is 0 Å². The zero-order valence-corrected chi connectivity index (χ0v) is 7.35. The lowest BCUT2D eigenvalue weighted by atomic mass is 10.5. The number of hydrogen-bond acceptors (Lipinski definition) is 4. The van der Waals surface area contributed by atoms with Gasteiger partial charge in [-0.1, -0.05) is 6.58 Å². The highest BCUT2D eigenvalue weighted by molar-refractivity contribution is 7.71. The maximum Gasteiger partial charge on any atom is 0.331 e. The number of H-pyrrole nitrogens is 2. The van der Waals surface area contributed by atoms with Crippen molar-refractivity contribution in [1.29, 1.82) is 0 Å². The van der Waals surface area contributed by atoms with Crippen LogP contribution in [0.3, 0.4) is 0 Å². The van der Waals surface area contributed by atoms with Crippen molar-refractivity contribution in [2.45, 2.75) is 6.54 Å². The number of aromatic amines is 2. The second-order valence-electron chi connectivity index (χ2n) is 2.35. The Morgan fingerprint density at radius 3 is 2.77 bits per heavy atom. The van der Waals surface area contributed by atoms with Crippen molar-refractivity contribution in [3.8, 4) is 0 Å². The summed E-state index contributed by atoms with van der Waals surface area (Å²) in [4.78, 5) is 24.0. The Labute approximate surface area is 77.2 Å². The third kappa shape index (κ3) is 2.15. The van der Waals surface area contributed by atoms with Crippen LogP contribution >= 0.6 is 12.2 Å². The van der Waals surface area contributed by atoms with E-state index < -0.39 is 11.1 Å². The van der Waals surface area contributed by atoms with Gasteiger partial charge in [0.15, 0.2) is 4.77 Å². The van der Waals surface area contributed by atoms with Gasteiger partial charge in [0.1, 0.15) is 5.76 Å². The Balaban J connectivity index is 3.38. The molecule has 6 nitrogen and oxygen atoms in total. The van der Waals surface area contributed by atoms with Gasteiger partial charge in [-0.15, -0.1) is 0 Å². The number of nitrogens with zero attached hydrogens (tertiary/aromatic N) is 1. The molecule has 0 saturated heterocycles. The van der Waals surface area contributed by atoms with Crippen LogP contribution in [0.5, 0.6) is 0 Å². The van der Waals surface area contributed by atoms with Crippen molar-refractivity contribution in [3.05, 3.63) is 37.8 Å². The van der Waals surface area contributed by atoms with Crippen LogP contribution in [0.1, 0.15) is 0 Å². The molecule has 0 aliphatic rings. The smallest absolute Gasteiger partial charge is 0.331 e. The zero-order chi connectivity index (χ0) is 10.0. The van der Waals surface area contributed by atoms with Crippen molar-refractivity contribution >= 4 is 12.2 Å². The second-order valence-corrected chi connectivity index (χ2v) is 2.76. The molecule has 0 aromatic carbocycles. The molecule has 3 N–H and O–H groups in total. The maximum absolute atomic E-state index is 11.0. The lowest BCUT2D eigenvalue weighted by Crippen LogP contribution is -2.38. The minimum absolute atomic E-state index is 0.0193. The molecule has 1 heterocycles. The van der Waals surface area contributed by atoms with Crippen LogP contribution in [0, 0.1) is 4.77 Å². The molecule has 1 aromatic rings. The summed E-state index contributed by atoms with van der Waals surface area (Å²) in [6.07, 6.45) is 0. The van der Waals surface area contributed by atoms with Gasteiger partial charge >= 0.3 is 11.1 Å². The number of aromatic nitrogens is 3. The van der Waals surface area contributed by atoms with E-state index in [0.717, 1.165) is 4.68 Å². The van der Waals surface area contributed by atoms with E-state index in [2.05, 4.69) is 28.9 Å². The molecule has 0 radical (unpaired) electrons. The predicted molar refractivity (Wildman–Crippen MR) is 48.3 cm³/mol. The van der Waals surface area contributed by atoms with Crippen LogP contribution in [-0.2, 0) is 6.54 Å². The highest BCUT2D eigenvalue weighted by Gasteiger charge is 2.01. The van der Waals surface area contributed by atoms with Crippen LogP contribution in [0.15, 0.2) is 21.9 Å². The Bertz CT molecular complexity index is 495. The van der Waals surface area contributed by atoms with Crippen molar-refractivity contribution < 1.29 is 5.11 Å². The second kappa shape index (κ2) is 3.40. The number of aliphatic hydroxyl groups excluding tert-OH is 1. The Kier molecular flexibility index (Phi) is 2.47. The predicted octanol–water partition coefficient (Wildman–Crippen LogP) is -0.334. The molecule has 70 valence electrons. The van der Waals surface area contributed by atoms with E-state index in [4.69, 9.17) is 5.11 Å². The van der Waals surface area contributed by atoms with Gasteiger partial charge in [0, 0.05) is 0 Å². The fraction of sp³-hybridized carbons (Fsp3) is 0.167. The summed E-state index contributed by atoms with van der Waals surface area (Å²) >= 11 is 4.62. The first-order valence-corrected chi connectivity index (χ1v) is 3.71. The summed E-state index contributed by atoms with van der Waals surface area (Å²) in [6, 6.07) is 0. The zero-order valence-electron chi connectivity index (χ0n) is 6.53. The topological polar surface area (TPSA) is 90.9 Å². The third-order valence-electron chi connectivity index (χ3n) is 1.24. The van der Waals surface area contributed by atoms with Crippen molar-refractivity contribution in [3.63, 3.8) is 0 Å². The molecule has 1 aromatic heterocycles. The Morgan fingerprint density at radius 2 is 2.23 bits per heavy atom. The highest BCUT2D eigenvalue weighted by atomic mass is 32.1. The molecule has 0 amide bonds. The minimum Gasteiger partial charge on any atom is -0.511 e. The van der Waals surface area contributed by atoms with Crippen LogP contribution in [0.4, 0.5) is 0 Å². The average molecular weight is 201 g/mol. The molecule has 0 aliphatic heterocycles. The molecule has 0 fully saturated rings. The first kappa shape index (κ1) is 9.46. The van der Waals surface area contributed by atoms with E-state index in [-0.39, 0.29) is 17.1 Å². The Morgan fingerprint density at radius 1 is 1.62 bits per heavy atom. The summed E-state index contributed by atoms with van der Waals surface area (Å²) in [5, 5.41) is 11.2. The van der Waals surface area contributed by atoms with E-state index in [0.29, 0.717) is 0 Å². The van der Waals surface area contributed by atoms with Gasteiger partial charge in [-0.25, -0.2) is 4.68 Å². The highest BCUT2D eigenvalue weighted by Crippen LogP contribution is 1.83. The first-order valence-electron chi connectivity index (χ1n) is 3.31. The Hall–Kier alpha value is -1.63. The van der Waals surface area contributed by atoms with Crippen LogP contribution < -0.4 is 11.1 Å². The van der Waals surface area contributed by atoms with E-state index in [1.54, 1.807) is 0 Å². The fourth-order valence-electron chi connectivity index (χ4n) is 0.774. The largest absolute Gasteiger partial charge is 0.511 e. The van der Waals surface area contributed by atoms with Crippen LogP contribution in [0.2, 0.25) is 0 Å². The molecule has 1 rings (SSSR count). The quantitative estimate of drug-likeness (QED) is 0.347. The summed E-state index contributed by atoms with van der Waals surface area (Å²) in [5.74, 6) is -0.238. The van der Waals surface area contributed by atoms with Gasteiger partial charge in [0.05, 0.1) is 6.54 Å². The molecule has 0 unspecified atom stereocenters. The van der Waals surface area contributed by atoms with Gasteiger partial charge < -0.3 is 5.11 Å². The molecule has 7 heteroatoms. The molecule has 0 atom stereocenters. The fourth-order valence-corrected chi connectivity index (χ4v) is 0.977. The third-order valence-corrected chi connectivity index (χ3v) is 1.44. The lowest BCUT2D eigenvalue weighted by Gasteiger charge is -2.01. The van der Waals surface area contributed by atoms with E-state index >= 15 is 0 Å². The summed E-state index contributed by atoms with van der Waals surface area (Å²) in [6.45, 7) is 3.01. The number of allylic oxidation sites excluding steroid dienone is 1. The minimum atomic E-state index is -0.829. The van der Waals surface area contributed by atoms with Gasteiger partial charge in [0.25, 0.3) is 0 Å². The van der Waals surface area contributed by atoms with Gasteiger partial charge in [0.2, 0.25) is 0 Å². The number of aliphatic hydroxyl groups is 1. The van der Waals surface area contributed by atoms with Crippen LogP contribution in [-0.4, -0.2) is 19.9 Å². The first-order chi connectivity index (χ1) is 6.00. The molecule has 0 aliphatic carbocycles. The number of rotatable bonds is 2. The van der Waals surface area contributed by atoms with Gasteiger partial charge in [-0.3, -0.25) is 19.7 Å². The number of nitrogens with one attached hydrogen (secondary N) is 2. The van der Waals surface area contributed by atoms with Crippen molar-refractivity contribution in [2.75, 3.05) is 0 Å². The summed E-state index contributed by atoms with van der Waals surface area (Å²) < 4.78 is 0.898. The molecule has 0 spiro atoms. The maximum atomic E-state index is 11.0. The molecule has 13 heavy (non-hydrogen) atoms. The average Bonchev–Trinajstić information content (AvgIpc) is 1.98. The monoisotopic (exact) mass is 201 g/mol. The molecule has 0 saturated carbocycles. The van der Waals surface area contributed by atoms with Gasteiger partial charge in [-0.2, -0.15) is 0 Å². The van der Waals surface area contributed by atoms with E-state index in [1.165, 1.54) is 0 Å². The molecular weight excluding hydrogens is 194 g/mol. The lowest BCUT2D eigenvalue weighted by molar-refractivity contribution is 0.364. The molecular formula is C6H7N3O3S. The summed E-state index contributed by atoms with van der Waals surface area (Å²) in [5.41, 5.74) is -1.64. The number of hydrogen-bond donors (Lipinski definition) is 3.